The predicted molar refractivity (Wildman–Crippen MR) is 123 cm³/mol. The molecule has 0 heterocycles. The Hall–Kier alpha value is -0.770. The minimum absolute atomic E-state index is 0. The van der Waals surface area contributed by atoms with E-state index in [-0.39, 0.29) is 24.0 Å². The second kappa shape index (κ2) is 11.9. The Bertz CT molecular complexity index is 473. The van der Waals surface area contributed by atoms with Gasteiger partial charge in [-0.05, 0) is 60.9 Å². The average Bonchev–Trinajstić information content (AvgIpc) is 3.31. The molecule has 0 unspecified atom stereocenters. The summed E-state index contributed by atoms with van der Waals surface area (Å²) in [5, 5.41) is 9.53. The molecule has 0 bridgehead atoms. The summed E-state index contributed by atoms with van der Waals surface area (Å²) in [6, 6.07) is 0.776. The number of nitrogens with zero attached hydrogens (tertiary/aromatic N) is 2. The van der Waals surface area contributed by atoms with Crippen LogP contribution in [0.15, 0.2) is 4.99 Å². The topological polar surface area (TPSA) is 78.0 Å². The first-order valence-corrected chi connectivity index (χ1v) is 9.83. The molecular formula is C19H40IN5O2. The highest BCUT2D eigenvalue weighted by Crippen LogP contribution is 2.25. The zero-order valence-corrected chi connectivity index (χ0v) is 20.5. The van der Waals surface area contributed by atoms with Crippen molar-refractivity contribution in [1.82, 2.24) is 20.9 Å². The lowest BCUT2D eigenvalue weighted by Crippen LogP contribution is -2.49. The van der Waals surface area contributed by atoms with Crippen molar-refractivity contribution in [3.63, 3.8) is 0 Å². The summed E-state index contributed by atoms with van der Waals surface area (Å²) in [6.45, 7) is 17.9. The number of amides is 1. The third-order valence-electron chi connectivity index (χ3n) is 3.98. The van der Waals surface area contributed by atoms with Gasteiger partial charge in [0.2, 0.25) is 0 Å². The molecule has 1 rings (SSSR count). The van der Waals surface area contributed by atoms with Gasteiger partial charge in [0, 0.05) is 25.7 Å². The van der Waals surface area contributed by atoms with Gasteiger partial charge in [0.25, 0.3) is 0 Å². The minimum atomic E-state index is -0.507. The molecule has 1 saturated carbocycles. The number of carbonyl (C=O) groups excluding carboxylic acids is 1. The van der Waals surface area contributed by atoms with Crippen LogP contribution in [0.5, 0.6) is 0 Å². The van der Waals surface area contributed by atoms with Gasteiger partial charge in [-0.25, -0.2) is 4.79 Å². The Morgan fingerprint density at radius 3 is 2.26 bits per heavy atom. The van der Waals surface area contributed by atoms with Gasteiger partial charge in [-0.1, -0.05) is 6.92 Å². The van der Waals surface area contributed by atoms with Gasteiger partial charge in [0.05, 0.1) is 12.1 Å². The quantitative estimate of drug-likeness (QED) is 0.260. The first-order valence-electron chi connectivity index (χ1n) is 9.83. The van der Waals surface area contributed by atoms with Crippen molar-refractivity contribution in [2.75, 3.05) is 32.7 Å². The standard InChI is InChI=1S/C19H39N5O2.HI/c1-8-20-16(21-12-13-24(9-2)15-10-11-15)22-14-19(6,7)23-17(25)26-18(3,4)5;/h15H,8-14H2,1-7H3,(H,23,25)(H2,20,21,22);1H. The van der Waals surface area contributed by atoms with Crippen molar-refractivity contribution in [2.24, 2.45) is 4.99 Å². The molecule has 7 nitrogen and oxygen atoms in total. The first kappa shape index (κ1) is 26.2. The van der Waals surface area contributed by atoms with E-state index in [4.69, 9.17) is 4.74 Å². The Balaban J connectivity index is 0.00000676. The Kier molecular flexibility index (Phi) is 11.6. The van der Waals surface area contributed by atoms with E-state index < -0.39 is 17.2 Å². The van der Waals surface area contributed by atoms with Crippen LogP contribution < -0.4 is 16.0 Å². The zero-order chi connectivity index (χ0) is 19.8. The number of ether oxygens (including phenoxy) is 1. The van der Waals surface area contributed by atoms with E-state index in [9.17, 15) is 4.79 Å². The van der Waals surface area contributed by atoms with Crippen molar-refractivity contribution in [3.8, 4) is 0 Å². The van der Waals surface area contributed by atoms with E-state index in [2.05, 4.69) is 32.8 Å². The van der Waals surface area contributed by atoms with Gasteiger partial charge in [0.15, 0.2) is 5.96 Å². The normalized spacial score (nSPS) is 15.2. The largest absolute Gasteiger partial charge is 0.444 e. The molecule has 27 heavy (non-hydrogen) atoms. The van der Waals surface area contributed by atoms with E-state index in [0.29, 0.717) is 6.54 Å². The number of guanidine groups is 1. The fraction of sp³-hybridized carbons (Fsp3) is 0.895. The highest BCUT2D eigenvalue weighted by atomic mass is 127. The number of hydrogen-bond acceptors (Lipinski definition) is 4. The highest BCUT2D eigenvalue weighted by Gasteiger charge is 2.27. The zero-order valence-electron chi connectivity index (χ0n) is 18.1. The summed E-state index contributed by atoms with van der Waals surface area (Å²) < 4.78 is 5.32. The maximum absolute atomic E-state index is 12.0. The second-order valence-corrected chi connectivity index (χ2v) is 8.49. The summed E-state index contributed by atoms with van der Waals surface area (Å²) in [7, 11) is 0. The number of likely N-dealkylation sites (N-methyl/N-ethyl adjacent to an activating group) is 1. The molecule has 1 aliphatic carbocycles. The van der Waals surface area contributed by atoms with Crippen molar-refractivity contribution in [2.45, 2.75) is 78.5 Å². The Morgan fingerprint density at radius 2 is 1.78 bits per heavy atom. The SMILES string of the molecule is CCNC(=NCC(C)(C)NC(=O)OC(C)(C)C)NCCN(CC)C1CC1.I. The molecule has 0 aliphatic heterocycles. The fourth-order valence-electron chi connectivity index (χ4n) is 2.59. The molecule has 0 aromatic rings. The molecule has 1 amide bonds. The Morgan fingerprint density at radius 1 is 1.15 bits per heavy atom. The predicted octanol–water partition coefficient (Wildman–Crippen LogP) is 2.95. The van der Waals surface area contributed by atoms with Crippen LogP contribution in [0.4, 0.5) is 4.79 Å². The van der Waals surface area contributed by atoms with Crippen molar-refractivity contribution < 1.29 is 9.53 Å². The lowest BCUT2D eigenvalue weighted by atomic mass is 10.1. The summed E-state index contributed by atoms with van der Waals surface area (Å²) >= 11 is 0. The van der Waals surface area contributed by atoms with Crippen molar-refractivity contribution >= 4 is 36.0 Å². The van der Waals surface area contributed by atoms with Crippen LogP contribution in [0, 0.1) is 0 Å². The van der Waals surface area contributed by atoms with Crippen LogP contribution in [-0.2, 0) is 4.74 Å². The molecule has 0 aromatic carbocycles. The monoisotopic (exact) mass is 497 g/mol. The number of rotatable bonds is 9. The number of nitrogens with one attached hydrogen (secondary N) is 3. The van der Waals surface area contributed by atoms with Gasteiger partial charge >= 0.3 is 6.09 Å². The second-order valence-electron chi connectivity index (χ2n) is 8.49. The molecule has 1 fully saturated rings. The molecule has 0 saturated heterocycles. The summed E-state index contributed by atoms with van der Waals surface area (Å²) in [5.41, 5.74) is -0.999. The molecule has 0 spiro atoms. The molecule has 0 atom stereocenters. The number of aliphatic imine (C=N–C) groups is 1. The summed E-state index contributed by atoms with van der Waals surface area (Å²) in [5.74, 6) is 0.776. The summed E-state index contributed by atoms with van der Waals surface area (Å²) in [6.07, 6.45) is 2.23. The van der Waals surface area contributed by atoms with Gasteiger partial charge in [0.1, 0.15) is 5.60 Å². The van der Waals surface area contributed by atoms with Gasteiger partial charge in [-0.15, -0.1) is 24.0 Å². The first-order chi connectivity index (χ1) is 12.1. The van der Waals surface area contributed by atoms with Gasteiger partial charge in [-0.2, -0.15) is 0 Å². The fourth-order valence-corrected chi connectivity index (χ4v) is 2.59. The third-order valence-corrected chi connectivity index (χ3v) is 3.98. The van der Waals surface area contributed by atoms with Crippen molar-refractivity contribution in [1.29, 1.82) is 0 Å². The molecule has 0 radical (unpaired) electrons. The maximum atomic E-state index is 12.0. The number of carbonyl (C=O) groups is 1. The number of alkyl carbamates (subject to hydrolysis) is 1. The van der Waals surface area contributed by atoms with E-state index in [1.165, 1.54) is 12.8 Å². The lowest BCUT2D eigenvalue weighted by molar-refractivity contribution is 0.0476. The molecule has 3 N–H and O–H groups in total. The lowest BCUT2D eigenvalue weighted by Gasteiger charge is -2.27. The van der Waals surface area contributed by atoms with Crippen LogP contribution >= 0.6 is 24.0 Å². The maximum Gasteiger partial charge on any atom is 0.408 e. The van der Waals surface area contributed by atoms with Crippen LogP contribution in [0.25, 0.3) is 0 Å². The summed E-state index contributed by atoms with van der Waals surface area (Å²) in [4.78, 5) is 19.1. The molecule has 160 valence electrons. The van der Waals surface area contributed by atoms with E-state index in [1.54, 1.807) is 0 Å². The van der Waals surface area contributed by atoms with Gasteiger partial charge in [-0.3, -0.25) is 9.89 Å². The van der Waals surface area contributed by atoms with E-state index in [1.807, 2.05) is 41.5 Å². The average molecular weight is 497 g/mol. The van der Waals surface area contributed by atoms with E-state index in [0.717, 1.165) is 38.2 Å². The van der Waals surface area contributed by atoms with E-state index >= 15 is 0 Å². The Labute approximate surface area is 182 Å². The van der Waals surface area contributed by atoms with Crippen molar-refractivity contribution in [3.05, 3.63) is 0 Å². The number of hydrogen-bond donors (Lipinski definition) is 3. The van der Waals surface area contributed by atoms with Gasteiger partial charge < -0.3 is 20.7 Å². The number of halogens is 1. The molecule has 0 aromatic heterocycles. The third kappa shape index (κ3) is 12.3. The van der Waals surface area contributed by atoms with Crippen LogP contribution in [0.2, 0.25) is 0 Å². The van der Waals surface area contributed by atoms with Crippen LogP contribution in [0.1, 0.15) is 61.3 Å². The van der Waals surface area contributed by atoms with Crippen LogP contribution in [-0.4, -0.2) is 66.9 Å². The molecular weight excluding hydrogens is 457 g/mol. The minimum Gasteiger partial charge on any atom is -0.444 e. The van der Waals surface area contributed by atoms with Crippen LogP contribution in [0.3, 0.4) is 0 Å². The highest BCUT2D eigenvalue weighted by molar-refractivity contribution is 14.0. The molecule has 1 aliphatic rings. The smallest absolute Gasteiger partial charge is 0.408 e. The molecule has 8 heteroatoms.